The maximum absolute atomic E-state index is 11.0. The molecule has 0 saturated heterocycles. The number of sulfone groups is 1. The van der Waals surface area contributed by atoms with Gasteiger partial charge in [0.05, 0.1) is 18.4 Å². The van der Waals surface area contributed by atoms with E-state index in [2.05, 4.69) is 10.3 Å². The minimum absolute atomic E-state index is 0.0173. The Balaban J connectivity index is 2.53. The summed E-state index contributed by atoms with van der Waals surface area (Å²) in [7, 11) is -3.02. The summed E-state index contributed by atoms with van der Waals surface area (Å²) in [5.74, 6) is 0.945. The van der Waals surface area contributed by atoms with E-state index in [1.165, 1.54) is 6.26 Å². The molecule has 0 aliphatic carbocycles. The summed E-state index contributed by atoms with van der Waals surface area (Å²) in [6.45, 7) is 4.06. The Kier molecular flexibility index (Phi) is 5.82. The van der Waals surface area contributed by atoms with Gasteiger partial charge in [0.25, 0.3) is 0 Å². The van der Waals surface area contributed by atoms with Crippen molar-refractivity contribution < 1.29 is 13.2 Å². The first kappa shape index (κ1) is 16.3. The number of ether oxygens (including phenoxy) is 1. The topological polar surface area (TPSA) is 93.8 Å². The van der Waals surface area contributed by atoms with Gasteiger partial charge < -0.3 is 15.8 Å². The number of hydrogen-bond acceptors (Lipinski definition) is 4. The van der Waals surface area contributed by atoms with Gasteiger partial charge >= 0.3 is 0 Å². The maximum Gasteiger partial charge on any atom is 0.193 e. The maximum atomic E-state index is 11.0. The van der Waals surface area contributed by atoms with Crippen LogP contribution in [0.1, 0.15) is 13.8 Å². The number of benzene rings is 1. The molecule has 7 heteroatoms. The Hall–Kier alpha value is -1.76. The standard InChI is InChI=1S/C13H21N3O3S/c1-10(2)19-12-6-4-11(5-7-12)16-13(14)15-8-9-20(3,17)18/h4-7,10H,8-9H2,1-3H3,(H3,14,15,16). The van der Waals surface area contributed by atoms with Crippen LogP contribution < -0.4 is 15.8 Å². The van der Waals surface area contributed by atoms with Gasteiger partial charge in [-0.25, -0.2) is 8.42 Å². The molecule has 0 saturated carbocycles. The van der Waals surface area contributed by atoms with Crippen LogP contribution in [-0.2, 0) is 9.84 Å². The van der Waals surface area contributed by atoms with Crippen LogP contribution in [0.3, 0.4) is 0 Å². The SMILES string of the molecule is CC(C)Oc1ccc(NC(N)=NCCS(C)(=O)=O)cc1. The molecule has 0 aromatic heterocycles. The van der Waals surface area contributed by atoms with E-state index in [1.54, 1.807) is 0 Å². The van der Waals surface area contributed by atoms with Crippen molar-refractivity contribution in [2.75, 3.05) is 23.9 Å². The molecule has 0 aliphatic heterocycles. The summed E-state index contributed by atoms with van der Waals surface area (Å²) in [6.07, 6.45) is 1.29. The Morgan fingerprint density at radius 1 is 1.35 bits per heavy atom. The second-order valence-electron chi connectivity index (χ2n) is 4.71. The zero-order valence-electron chi connectivity index (χ0n) is 12.0. The molecule has 0 unspecified atom stereocenters. The molecule has 1 rings (SSSR count). The molecule has 0 spiro atoms. The average molecular weight is 299 g/mol. The Bertz CT molecular complexity index is 551. The van der Waals surface area contributed by atoms with Crippen LogP contribution in [0.5, 0.6) is 5.75 Å². The average Bonchev–Trinajstić information content (AvgIpc) is 2.29. The molecule has 6 nitrogen and oxygen atoms in total. The molecular formula is C13H21N3O3S. The summed E-state index contributed by atoms with van der Waals surface area (Å²) < 4.78 is 27.4. The molecular weight excluding hydrogens is 278 g/mol. The molecule has 1 aromatic rings. The number of hydrogen-bond donors (Lipinski definition) is 2. The number of nitrogens with two attached hydrogens (primary N) is 1. The third kappa shape index (κ3) is 6.98. The molecule has 20 heavy (non-hydrogen) atoms. The van der Waals surface area contributed by atoms with Gasteiger partial charge in [0, 0.05) is 11.9 Å². The minimum Gasteiger partial charge on any atom is -0.491 e. The van der Waals surface area contributed by atoms with Crippen LogP contribution >= 0.6 is 0 Å². The number of nitrogens with one attached hydrogen (secondary N) is 1. The molecule has 3 N–H and O–H groups in total. The third-order valence-electron chi connectivity index (χ3n) is 2.24. The lowest BCUT2D eigenvalue weighted by Crippen LogP contribution is -2.23. The highest BCUT2D eigenvalue weighted by Gasteiger charge is 2.02. The van der Waals surface area contributed by atoms with E-state index in [0.717, 1.165) is 11.4 Å². The second-order valence-corrected chi connectivity index (χ2v) is 6.97. The van der Waals surface area contributed by atoms with E-state index in [9.17, 15) is 8.42 Å². The van der Waals surface area contributed by atoms with Crippen molar-refractivity contribution in [2.45, 2.75) is 20.0 Å². The molecule has 0 heterocycles. The number of guanidine groups is 1. The highest BCUT2D eigenvalue weighted by Crippen LogP contribution is 2.16. The van der Waals surface area contributed by atoms with Gasteiger partial charge in [-0.05, 0) is 38.1 Å². The van der Waals surface area contributed by atoms with E-state index < -0.39 is 9.84 Å². The van der Waals surface area contributed by atoms with E-state index >= 15 is 0 Å². The first-order chi connectivity index (χ1) is 9.26. The number of nitrogens with zero attached hydrogens (tertiary/aromatic N) is 1. The second kappa shape index (κ2) is 7.14. The summed E-state index contributed by atoms with van der Waals surface area (Å²) in [5, 5.41) is 2.89. The summed E-state index contributed by atoms with van der Waals surface area (Å²) in [4.78, 5) is 3.95. The van der Waals surface area contributed by atoms with Gasteiger partial charge in [-0.1, -0.05) is 0 Å². The van der Waals surface area contributed by atoms with Gasteiger partial charge in [-0.2, -0.15) is 0 Å². The van der Waals surface area contributed by atoms with Crippen molar-refractivity contribution in [1.82, 2.24) is 0 Å². The Morgan fingerprint density at radius 3 is 2.45 bits per heavy atom. The van der Waals surface area contributed by atoms with E-state index in [0.29, 0.717) is 0 Å². The van der Waals surface area contributed by atoms with Crippen molar-refractivity contribution in [1.29, 1.82) is 0 Å². The predicted octanol–water partition coefficient (Wildman–Crippen LogP) is 1.24. The van der Waals surface area contributed by atoms with E-state index in [4.69, 9.17) is 10.5 Å². The van der Waals surface area contributed by atoms with Crippen LogP contribution in [-0.4, -0.2) is 39.0 Å². The van der Waals surface area contributed by atoms with Crippen LogP contribution in [0.15, 0.2) is 29.3 Å². The van der Waals surface area contributed by atoms with Crippen molar-refractivity contribution >= 4 is 21.5 Å². The van der Waals surface area contributed by atoms with Gasteiger partial charge in [-0.15, -0.1) is 0 Å². The Labute approximate surface area is 120 Å². The van der Waals surface area contributed by atoms with E-state index in [-0.39, 0.29) is 24.4 Å². The molecule has 112 valence electrons. The lowest BCUT2D eigenvalue weighted by atomic mass is 10.3. The smallest absolute Gasteiger partial charge is 0.193 e. The molecule has 1 aromatic carbocycles. The van der Waals surface area contributed by atoms with Crippen molar-refractivity contribution in [3.8, 4) is 5.75 Å². The quantitative estimate of drug-likeness (QED) is 0.609. The molecule has 0 atom stereocenters. The predicted molar refractivity (Wildman–Crippen MR) is 82.0 cm³/mol. The number of aliphatic imine (C=N–C) groups is 1. The van der Waals surface area contributed by atoms with Crippen LogP contribution in [0.4, 0.5) is 5.69 Å². The molecule has 0 fully saturated rings. The van der Waals surface area contributed by atoms with Gasteiger partial charge in [0.1, 0.15) is 15.6 Å². The van der Waals surface area contributed by atoms with Gasteiger partial charge in [0.15, 0.2) is 5.96 Å². The highest BCUT2D eigenvalue weighted by atomic mass is 32.2. The first-order valence-electron chi connectivity index (χ1n) is 6.27. The fourth-order valence-corrected chi connectivity index (χ4v) is 1.83. The fourth-order valence-electron chi connectivity index (χ4n) is 1.41. The van der Waals surface area contributed by atoms with Crippen molar-refractivity contribution in [3.05, 3.63) is 24.3 Å². The molecule has 0 bridgehead atoms. The van der Waals surface area contributed by atoms with Crippen LogP contribution in [0, 0.1) is 0 Å². The van der Waals surface area contributed by atoms with Crippen molar-refractivity contribution in [3.63, 3.8) is 0 Å². The zero-order chi connectivity index (χ0) is 15.2. The molecule has 0 radical (unpaired) electrons. The number of anilines is 1. The lowest BCUT2D eigenvalue weighted by Gasteiger charge is -2.10. The van der Waals surface area contributed by atoms with Gasteiger partial charge in [-0.3, -0.25) is 4.99 Å². The highest BCUT2D eigenvalue weighted by molar-refractivity contribution is 7.90. The number of rotatable bonds is 6. The fraction of sp³-hybridized carbons (Fsp3) is 0.462. The third-order valence-corrected chi connectivity index (χ3v) is 3.17. The monoisotopic (exact) mass is 299 g/mol. The summed E-state index contributed by atoms with van der Waals surface area (Å²) in [6, 6.07) is 7.28. The Morgan fingerprint density at radius 2 is 1.95 bits per heavy atom. The normalized spacial score (nSPS) is 12.5. The largest absolute Gasteiger partial charge is 0.491 e. The van der Waals surface area contributed by atoms with Gasteiger partial charge in [0.2, 0.25) is 0 Å². The van der Waals surface area contributed by atoms with Crippen LogP contribution in [0.25, 0.3) is 0 Å². The van der Waals surface area contributed by atoms with Crippen LogP contribution in [0.2, 0.25) is 0 Å². The molecule has 0 amide bonds. The van der Waals surface area contributed by atoms with E-state index in [1.807, 2.05) is 38.1 Å². The summed E-state index contributed by atoms with van der Waals surface area (Å²) in [5.41, 5.74) is 6.43. The summed E-state index contributed by atoms with van der Waals surface area (Å²) >= 11 is 0. The lowest BCUT2D eigenvalue weighted by molar-refractivity contribution is 0.242. The van der Waals surface area contributed by atoms with Crippen molar-refractivity contribution in [2.24, 2.45) is 10.7 Å². The molecule has 0 aliphatic rings. The minimum atomic E-state index is -3.02. The zero-order valence-corrected chi connectivity index (χ0v) is 12.8. The first-order valence-corrected chi connectivity index (χ1v) is 8.34.